The lowest BCUT2D eigenvalue weighted by molar-refractivity contribution is 0.412. The number of hydrogen-bond donors (Lipinski definition) is 1. The van der Waals surface area contributed by atoms with Crippen molar-refractivity contribution in [3.63, 3.8) is 0 Å². The normalized spacial score (nSPS) is 10.6. The molecule has 3 rings (SSSR count). The fourth-order valence-electron chi connectivity index (χ4n) is 2.44. The maximum Gasteiger partial charge on any atom is 0.227 e. The zero-order chi connectivity index (χ0) is 16.4. The second kappa shape index (κ2) is 6.08. The molecule has 2 heterocycles. The van der Waals surface area contributed by atoms with Gasteiger partial charge in [-0.1, -0.05) is 0 Å². The van der Waals surface area contributed by atoms with Crippen LogP contribution in [0.25, 0.3) is 11.3 Å². The topological polar surface area (TPSA) is 64.9 Å². The van der Waals surface area contributed by atoms with Gasteiger partial charge in [-0.05, 0) is 43.2 Å². The predicted molar refractivity (Wildman–Crippen MR) is 90.0 cm³/mol. The summed E-state index contributed by atoms with van der Waals surface area (Å²) < 4.78 is 7.04. The van der Waals surface area contributed by atoms with Gasteiger partial charge in [0.2, 0.25) is 5.95 Å². The molecule has 0 spiro atoms. The molecule has 1 N–H and O–H groups in total. The maximum absolute atomic E-state index is 5.32. The first-order valence-corrected chi connectivity index (χ1v) is 7.31. The Morgan fingerprint density at radius 1 is 1.13 bits per heavy atom. The first kappa shape index (κ1) is 15.0. The van der Waals surface area contributed by atoms with Crippen LogP contribution in [-0.4, -0.2) is 26.9 Å². The molecule has 0 saturated carbocycles. The van der Waals surface area contributed by atoms with Gasteiger partial charge in [0.15, 0.2) is 0 Å². The molecule has 0 aliphatic rings. The maximum atomic E-state index is 5.32. The summed E-state index contributed by atoms with van der Waals surface area (Å²) in [5, 5.41) is 7.30. The van der Waals surface area contributed by atoms with Gasteiger partial charge in [-0.3, -0.25) is 4.68 Å². The van der Waals surface area contributed by atoms with Crippen molar-refractivity contribution in [2.24, 2.45) is 7.05 Å². The summed E-state index contributed by atoms with van der Waals surface area (Å²) in [6.07, 6.45) is 5.43. The molecule has 0 radical (unpaired) electrons. The van der Waals surface area contributed by atoms with Crippen LogP contribution in [0, 0.1) is 13.8 Å². The summed E-state index contributed by atoms with van der Waals surface area (Å²) in [5.41, 5.74) is 4.89. The van der Waals surface area contributed by atoms with Crippen LogP contribution in [0.1, 0.15) is 11.1 Å². The van der Waals surface area contributed by atoms with E-state index in [1.165, 1.54) is 0 Å². The predicted octanol–water partition coefficient (Wildman–Crippen LogP) is 3.25. The van der Waals surface area contributed by atoms with E-state index < -0.39 is 0 Å². The molecule has 23 heavy (non-hydrogen) atoms. The Balaban J connectivity index is 1.95. The molecule has 0 fully saturated rings. The molecule has 0 bridgehead atoms. The Morgan fingerprint density at radius 2 is 1.96 bits per heavy atom. The van der Waals surface area contributed by atoms with E-state index in [0.29, 0.717) is 5.95 Å². The fraction of sp³-hybridized carbons (Fsp3) is 0.235. The van der Waals surface area contributed by atoms with E-state index in [4.69, 9.17) is 4.74 Å². The van der Waals surface area contributed by atoms with Crippen LogP contribution >= 0.6 is 0 Å². The number of methoxy groups -OCH3 is 1. The van der Waals surface area contributed by atoms with Crippen molar-refractivity contribution < 1.29 is 4.74 Å². The van der Waals surface area contributed by atoms with Crippen LogP contribution in [0.4, 0.5) is 11.6 Å². The van der Waals surface area contributed by atoms with E-state index in [0.717, 1.165) is 33.8 Å². The summed E-state index contributed by atoms with van der Waals surface area (Å²) in [7, 11) is 3.54. The number of aryl methyl sites for hydroxylation is 3. The Kier molecular flexibility index (Phi) is 3.97. The lowest BCUT2D eigenvalue weighted by atomic mass is 10.0. The second-order valence-corrected chi connectivity index (χ2v) is 5.44. The van der Waals surface area contributed by atoms with E-state index in [1.807, 2.05) is 45.4 Å². The molecule has 0 aliphatic heterocycles. The highest BCUT2D eigenvalue weighted by Crippen LogP contribution is 2.27. The average Bonchev–Trinajstić information content (AvgIpc) is 2.94. The Morgan fingerprint density at radius 3 is 2.61 bits per heavy atom. The SMILES string of the molecule is COc1ccc(-c2nc(Nc3cnn(C)c3)ncc2C)cc1C. The molecule has 0 unspecified atom stereocenters. The lowest BCUT2D eigenvalue weighted by Crippen LogP contribution is -2.00. The van der Waals surface area contributed by atoms with Crippen LogP contribution < -0.4 is 10.1 Å². The Labute approximate surface area is 135 Å². The third-order valence-electron chi connectivity index (χ3n) is 3.60. The number of anilines is 2. The van der Waals surface area contributed by atoms with Gasteiger partial charge in [-0.2, -0.15) is 5.10 Å². The quantitative estimate of drug-likeness (QED) is 0.801. The summed E-state index contributed by atoms with van der Waals surface area (Å²) >= 11 is 0. The molecule has 0 amide bonds. The highest BCUT2D eigenvalue weighted by molar-refractivity contribution is 5.66. The Hall–Kier alpha value is -2.89. The highest BCUT2D eigenvalue weighted by atomic mass is 16.5. The van der Waals surface area contributed by atoms with Gasteiger partial charge in [0, 0.05) is 25.0 Å². The number of nitrogens with one attached hydrogen (secondary N) is 1. The van der Waals surface area contributed by atoms with Crippen LogP contribution in [0.2, 0.25) is 0 Å². The monoisotopic (exact) mass is 309 g/mol. The van der Waals surface area contributed by atoms with Gasteiger partial charge >= 0.3 is 0 Å². The minimum absolute atomic E-state index is 0.548. The zero-order valence-electron chi connectivity index (χ0n) is 13.7. The molecule has 0 aliphatic carbocycles. The Bertz CT molecular complexity index is 841. The molecule has 3 aromatic rings. The standard InChI is InChI=1S/C17H19N5O/c1-11-7-13(5-6-15(11)23-4)16-12(2)8-18-17(21-16)20-14-9-19-22(3)10-14/h5-10H,1-4H3,(H,18,20,21). The minimum atomic E-state index is 0.548. The lowest BCUT2D eigenvalue weighted by Gasteiger charge is -2.10. The van der Waals surface area contributed by atoms with Crippen LogP contribution in [0.15, 0.2) is 36.8 Å². The van der Waals surface area contributed by atoms with Crippen molar-refractivity contribution in [1.82, 2.24) is 19.7 Å². The van der Waals surface area contributed by atoms with E-state index in [-0.39, 0.29) is 0 Å². The van der Waals surface area contributed by atoms with Crippen molar-refractivity contribution in [2.45, 2.75) is 13.8 Å². The van der Waals surface area contributed by atoms with Crippen molar-refractivity contribution in [3.8, 4) is 17.0 Å². The average molecular weight is 309 g/mol. The van der Waals surface area contributed by atoms with Gasteiger partial charge in [0.1, 0.15) is 5.75 Å². The molecule has 6 heteroatoms. The van der Waals surface area contributed by atoms with Crippen molar-refractivity contribution in [3.05, 3.63) is 47.9 Å². The third kappa shape index (κ3) is 3.15. The van der Waals surface area contributed by atoms with Crippen molar-refractivity contribution in [1.29, 1.82) is 0 Å². The summed E-state index contributed by atoms with van der Waals surface area (Å²) in [5.74, 6) is 1.42. The largest absolute Gasteiger partial charge is 0.496 e. The highest BCUT2D eigenvalue weighted by Gasteiger charge is 2.09. The first-order chi connectivity index (χ1) is 11.1. The van der Waals surface area contributed by atoms with Gasteiger partial charge in [-0.15, -0.1) is 0 Å². The smallest absolute Gasteiger partial charge is 0.227 e. The van der Waals surface area contributed by atoms with Gasteiger partial charge < -0.3 is 10.1 Å². The molecule has 0 saturated heterocycles. The number of rotatable bonds is 4. The summed E-state index contributed by atoms with van der Waals surface area (Å²) in [6, 6.07) is 6.04. The number of aromatic nitrogens is 4. The number of nitrogens with zero attached hydrogens (tertiary/aromatic N) is 4. The van der Waals surface area contributed by atoms with Crippen LogP contribution in [0.3, 0.4) is 0 Å². The molecule has 2 aromatic heterocycles. The molecule has 118 valence electrons. The van der Waals surface area contributed by atoms with Gasteiger partial charge in [0.05, 0.1) is 24.7 Å². The summed E-state index contributed by atoms with van der Waals surface area (Å²) in [4.78, 5) is 8.98. The zero-order valence-corrected chi connectivity index (χ0v) is 13.7. The van der Waals surface area contributed by atoms with Gasteiger partial charge in [-0.25, -0.2) is 9.97 Å². The fourth-order valence-corrected chi connectivity index (χ4v) is 2.44. The number of ether oxygens (including phenoxy) is 1. The van der Waals surface area contributed by atoms with Gasteiger partial charge in [0.25, 0.3) is 0 Å². The molecular weight excluding hydrogens is 290 g/mol. The van der Waals surface area contributed by atoms with E-state index >= 15 is 0 Å². The van der Waals surface area contributed by atoms with Crippen LogP contribution in [0.5, 0.6) is 5.75 Å². The molecule has 6 nitrogen and oxygen atoms in total. The molecule has 1 aromatic carbocycles. The van der Waals surface area contributed by atoms with Crippen molar-refractivity contribution >= 4 is 11.6 Å². The van der Waals surface area contributed by atoms with E-state index in [9.17, 15) is 0 Å². The van der Waals surface area contributed by atoms with E-state index in [1.54, 1.807) is 18.0 Å². The first-order valence-electron chi connectivity index (χ1n) is 7.31. The van der Waals surface area contributed by atoms with Crippen molar-refractivity contribution in [2.75, 3.05) is 12.4 Å². The minimum Gasteiger partial charge on any atom is -0.496 e. The van der Waals surface area contributed by atoms with E-state index in [2.05, 4.69) is 26.4 Å². The third-order valence-corrected chi connectivity index (χ3v) is 3.60. The van der Waals surface area contributed by atoms with Crippen LogP contribution in [-0.2, 0) is 7.05 Å². The molecular formula is C17H19N5O. The summed E-state index contributed by atoms with van der Waals surface area (Å²) in [6.45, 7) is 4.02. The molecule has 0 atom stereocenters. The second-order valence-electron chi connectivity index (χ2n) is 5.44. The number of benzene rings is 1. The number of hydrogen-bond acceptors (Lipinski definition) is 5.